The van der Waals surface area contributed by atoms with Gasteiger partial charge in [-0.1, -0.05) is 17.7 Å². The molecule has 0 fully saturated rings. The summed E-state index contributed by atoms with van der Waals surface area (Å²) in [6.07, 6.45) is 0. The zero-order chi connectivity index (χ0) is 17.0. The highest BCUT2D eigenvalue weighted by Gasteiger charge is 2.22. The van der Waals surface area contributed by atoms with Crippen LogP contribution in [0.1, 0.15) is 21.3 Å². The predicted molar refractivity (Wildman–Crippen MR) is 91.2 cm³/mol. The third-order valence-corrected chi connectivity index (χ3v) is 4.56. The first-order chi connectivity index (χ1) is 10.9. The molecule has 1 heterocycles. The van der Waals surface area contributed by atoms with Gasteiger partial charge < -0.3 is 10.2 Å². The van der Waals surface area contributed by atoms with Gasteiger partial charge in [0.25, 0.3) is 11.6 Å². The van der Waals surface area contributed by atoms with Crippen LogP contribution in [0.4, 0.5) is 5.69 Å². The molecule has 1 aromatic carbocycles. The lowest BCUT2D eigenvalue weighted by Gasteiger charge is -2.23. The molecule has 0 bridgehead atoms. The topological polar surface area (TPSA) is 75.5 Å². The summed E-state index contributed by atoms with van der Waals surface area (Å²) < 4.78 is 0. The van der Waals surface area contributed by atoms with Gasteiger partial charge >= 0.3 is 0 Å². The number of benzene rings is 1. The lowest BCUT2D eigenvalue weighted by molar-refractivity contribution is -0.385. The summed E-state index contributed by atoms with van der Waals surface area (Å²) in [4.78, 5) is 25.9. The average molecular weight is 354 g/mol. The zero-order valence-corrected chi connectivity index (χ0v) is 14.2. The maximum absolute atomic E-state index is 12.3. The second kappa shape index (κ2) is 7.54. The Kier molecular flexibility index (Phi) is 5.70. The molecular weight excluding hydrogens is 338 g/mol. The van der Waals surface area contributed by atoms with Crippen molar-refractivity contribution in [3.8, 4) is 0 Å². The quantitative estimate of drug-likeness (QED) is 0.638. The van der Waals surface area contributed by atoms with E-state index in [-0.39, 0.29) is 22.3 Å². The number of thiophene rings is 1. The Labute approximate surface area is 142 Å². The second-order valence-electron chi connectivity index (χ2n) is 5.12. The number of halogens is 1. The monoisotopic (exact) mass is 353 g/mol. The number of nitrogens with zero attached hydrogens (tertiary/aromatic N) is 2. The van der Waals surface area contributed by atoms with Gasteiger partial charge in [-0.2, -0.15) is 0 Å². The molecule has 122 valence electrons. The molecule has 0 aliphatic heterocycles. The first-order valence-corrected chi connectivity index (χ1v) is 8.08. The lowest BCUT2D eigenvalue weighted by atomic mass is 10.1. The Bertz CT molecular complexity index is 704. The van der Waals surface area contributed by atoms with E-state index in [0.29, 0.717) is 6.54 Å². The summed E-state index contributed by atoms with van der Waals surface area (Å²) in [5.74, 6) is -0.511. The number of hydrogen-bond acceptors (Lipinski definition) is 5. The van der Waals surface area contributed by atoms with E-state index in [4.69, 9.17) is 11.6 Å². The standard InChI is InChI=1S/C15H16ClN3O3S/c1-18(2)13(14-4-3-7-23-14)9-17-15(20)11-8-10(16)5-6-12(11)19(21)22/h3-8,13H,9H2,1-2H3,(H,17,20). The molecule has 1 unspecified atom stereocenters. The fourth-order valence-corrected chi connectivity index (χ4v) is 3.25. The van der Waals surface area contributed by atoms with Crippen molar-refractivity contribution in [2.45, 2.75) is 6.04 Å². The van der Waals surface area contributed by atoms with Gasteiger partial charge in [0, 0.05) is 22.5 Å². The van der Waals surface area contributed by atoms with Crippen LogP contribution in [0, 0.1) is 10.1 Å². The summed E-state index contributed by atoms with van der Waals surface area (Å²) >= 11 is 7.45. The third-order valence-electron chi connectivity index (χ3n) is 3.35. The normalized spacial score (nSPS) is 12.2. The van der Waals surface area contributed by atoms with Gasteiger partial charge in [-0.25, -0.2) is 0 Å². The van der Waals surface area contributed by atoms with Gasteiger partial charge in [0.1, 0.15) is 5.56 Å². The van der Waals surface area contributed by atoms with E-state index >= 15 is 0 Å². The Morgan fingerprint density at radius 1 is 1.43 bits per heavy atom. The fourth-order valence-electron chi connectivity index (χ4n) is 2.15. The molecular formula is C15H16ClN3O3S. The number of nitrogens with one attached hydrogen (secondary N) is 1. The Balaban J connectivity index is 2.16. The van der Waals surface area contributed by atoms with E-state index in [0.717, 1.165) is 4.88 Å². The summed E-state index contributed by atoms with van der Waals surface area (Å²) in [5, 5.41) is 16.0. The van der Waals surface area contributed by atoms with E-state index in [1.165, 1.54) is 18.2 Å². The van der Waals surface area contributed by atoms with Crippen LogP contribution in [0.3, 0.4) is 0 Å². The molecule has 0 aliphatic carbocycles. The fraction of sp³-hybridized carbons (Fsp3) is 0.267. The van der Waals surface area contributed by atoms with Crippen molar-refractivity contribution >= 4 is 34.5 Å². The summed E-state index contributed by atoms with van der Waals surface area (Å²) in [6, 6.07) is 7.87. The highest BCUT2D eigenvalue weighted by Crippen LogP contribution is 2.24. The van der Waals surface area contributed by atoms with Gasteiger partial charge in [0.15, 0.2) is 0 Å². The van der Waals surface area contributed by atoms with Crippen molar-refractivity contribution < 1.29 is 9.72 Å². The van der Waals surface area contributed by atoms with Crippen molar-refractivity contribution in [1.82, 2.24) is 10.2 Å². The molecule has 1 aromatic heterocycles. The second-order valence-corrected chi connectivity index (χ2v) is 6.54. The molecule has 1 atom stereocenters. The zero-order valence-electron chi connectivity index (χ0n) is 12.7. The molecule has 0 saturated heterocycles. The predicted octanol–water partition coefficient (Wildman–Crippen LogP) is 3.34. The number of nitro groups is 1. The van der Waals surface area contributed by atoms with Crippen molar-refractivity contribution in [3.63, 3.8) is 0 Å². The number of amides is 1. The maximum atomic E-state index is 12.3. The third kappa shape index (κ3) is 4.28. The minimum absolute atomic E-state index is 0.00260. The van der Waals surface area contributed by atoms with Crippen molar-refractivity contribution in [2.75, 3.05) is 20.6 Å². The molecule has 1 amide bonds. The van der Waals surface area contributed by atoms with Crippen LogP contribution in [0.5, 0.6) is 0 Å². The van der Waals surface area contributed by atoms with Crippen LogP contribution in [-0.4, -0.2) is 36.4 Å². The van der Waals surface area contributed by atoms with E-state index < -0.39 is 10.8 Å². The molecule has 1 N–H and O–H groups in total. The Morgan fingerprint density at radius 2 is 2.17 bits per heavy atom. The number of carbonyl (C=O) groups excluding carboxylic acids is 1. The van der Waals surface area contributed by atoms with E-state index in [1.807, 2.05) is 36.5 Å². The summed E-state index contributed by atoms with van der Waals surface area (Å²) in [6.45, 7) is 0.343. The average Bonchev–Trinajstić information content (AvgIpc) is 3.00. The minimum atomic E-state index is -0.589. The number of likely N-dealkylation sites (N-methyl/N-ethyl adjacent to an activating group) is 1. The molecule has 0 aliphatic rings. The van der Waals surface area contributed by atoms with Gasteiger partial charge in [0.2, 0.25) is 0 Å². The number of hydrogen-bond donors (Lipinski definition) is 1. The van der Waals surface area contributed by atoms with Crippen LogP contribution in [0.15, 0.2) is 35.7 Å². The summed E-state index contributed by atoms with van der Waals surface area (Å²) in [5.41, 5.74) is -0.296. The van der Waals surface area contributed by atoms with Crippen molar-refractivity contribution in [3.05, 3.63) is 61.3 Å². The molecule has 0 saturated carbocycles. The number of carbonyl (C=O) groups is 1. The molecule has 8 heteroatoms. The van der Waals surface area contributed by atoms with Crippen LogP contribution in [-0.2, 0) is 0 Å². The van der Waals surface area contributed by atoms with Gasteiger partial charge in [-0.05, 0) is 37.7 Å². The van der Waals surface area contributed by atoms with E-state index in [1.54, 1.807) is 11.3 Å². The molecule has 0 radical (unpaired) electrons. The van der Waals surface area contributed by atoms with Gasteiger partial charge in [-0.3, -0.25) is 14.9 Å². The van der Waals surface area contributed by atoms with Crippen LogP contribution >= 0.6 is 22.9 Å². The minimum Gasteiger partial charge on any atom is -0.350 e. The first-order valence-electron chi connectivity index (χ1n) is 6.82. The van der Waals surface area contributed by atoms with Gasteiger partial charge in [0.05, 0.1) is 11.0 Å². The van der Waals surface area contributed by atoms with Crippen LogP contribution in [0.2, 0.25) is 5.02 Å². The largest absolute Gasteiger partial charge is 0.350 e. The number of rotatable bonds is 6. The highest BCUT2D eigenvalue weighted by molar-refractivity contribution is 7.10. The Hall–Kier alpha value is -1.96. The SMILES string of the molecule is CN(C)C(CNC(=O)c1cc(Cl)ccc1[N+](=O)[O-])c1cccs1. The molecule has 23 heavy (non-hydrogen) atoms. The van der Waals surface area contributed by atoms with Gasteiger partial charge in [-0.15, -0.1) is 11.3 Å². The summed E-state index contributed by atoms with van der Waals surface area (Å²) in [7, 11) is 3.83. The Morgan fingerprint density at radius 3 is 2.74 bits per heavy atom. The van der Waals surface area contributed by atoms with Crippen LogP contribution in [0.25, 0.3) is 0 Å². The molecule has 6 nitrogen and oxygen atoms in total. The van der Waals surface area contributed by atoms with E-state index in [9.17, 15) is 14.9 Å². The lowest BCUT2D eigenvalue weighted by Crippen LogP contribution is -2.34. The van der Waals surface area contributed by atoms with E-state index in [2.05, 4.69) is 5.32 Å². The highest BCUT2D eigenvalue weighted by atomic mass is 35.5. The number of nitro benzene ring substituents is 1. The molecule has 2 rings (SSSR count). The van der Waals surface area contributed by atoms with Crippen molar-refractivity contribution in [2.24, 2.45) is 0 Å². The molecule has 0 spiro atoms. The first kappa shape index (κ1) is 17.4. The van der Waals surface area contributed by atoms with Crippen molar-refractivity contribution in [1.29, 1.82) is 0 Å². The smallest absolute Gasteiger partial charge is 0.282 e. The maximum Gasteiger partial charge on any atom is 0.282 e. The van der Waals surface area contributed by atoms with Crippen LogP contribution < -0.4 is 5.32 Å². The molecule has 2 aromatic rings.